The quantitative estimate of drug-likeness (QED) is 0.493. The Morgan fingerprint density at radius 1 is 1.25 bits per heavy atom. The van der Waals surface area contributed by atoms with Crippen molar-refractivity contribution in [3.05, 3.63) is 41.8 Å². The number of benzene rings is 1. The lowest BCUT2D eigenvalue weighted by molar-refractivity contribution is -0.142. The third kappa shape index (κ3) is 5.80. The largest absolute Gasteiger partial charge is 0.468 e. The molecule has 1 fully saturated rings. The van der Waals surface area contributed by atoms with E-state index in [9.17, 15) is 4.79 Å². The fraction of sp³-hybridized carbons (Fsp3) is 0.409. The maximum Gasteiger partial charge on any atom is 0.319 e. The molecule has 0 unspecified atom stereocenters. The van der Waals surface area contributed by atoms with Crippen LogP contribution in [0.2, 0.25) is 5.02 Å². The summed E-state index contributed by atoms with van der Waals surface area (Å²) in [4.78, 5) is 31.2. The van der Waals surface area contributed by atoms with Gasteiger partial charge < -0.3 is 15.4 Å². The number of ether oxygens (including phenoxy) is 1. The van der Waals surface area contributed by atoms with Crippen molar-refractivity contribution in [2.24, 2.45) is 5.92 Å². The zero-order valence-corrected chi connectivity index (χ0v) is 18.7. The molecule has 0 radical (unpaired) electrons. The number of carbonyl (C=O) groups excluding carboxylic acids is 1. The Labute approximate surface area is 191 Å². The van der Waals surface area contributed by atoms with Gasteiger partial charge in [-0.2, -0.15) is 0 Å². The molecule has 1 aromatic carbocycles. The van der Waals surface area contributed by atoms with Crippen LogP contribution in [0.4, 0.5) is 17.5 Å². The molecule has 10 heteroatoms. The predicted octanol–water partition coefficient (Wildman–Crippen LogP) is 3.50. The van der Waals surface area contributed by atoms with E-state index in [0.717, 1.165) is 44.6 Å². The molecule has 4 rings (SSSR count). The molecule has 0 atom stereocenters. The molecule has 0 bridgehead atoms. The van der Waals surface area contributed by atoms with Crippen LogP contribution in [-0.2, 0) is 9.53 Å². The first-order valence-corrected chi connectivity index (χ1v) is 11.0. The number of hydrogen-bond donors (Lipinski definition) is 2. The Balaban J connectivity index is 1.33. The summed E-state index contributed by atoms with van der Waals surface area (Å²) in [7, 11) is 1.43. The molecule has 9 nitrogen and oxygen atoms in total. The van der Waals surface area contributed by atoms with Crippen LogP contribution >= 0.6 is 11.6 Å². The van der Waals surface area contributed by atoms with Gasteiger partial charge in [-0.3, -0.25) is 9.69 Å². The van der Waals surface area contributed by atoms with Crippen LogP contribution in [0.1, 0.15) is 19.3 Å². The Kier molecular flexibility index (Phi) is 7.28. The molecule has 1 aliphatic rings. The summed E-state index contributed by atoms with van der Waals surface area (Å²) in [6, 6.07) is 7.43. The van der Waals surface area contributed by atoms with Crippen LogP contribution in [0.25, 0.3) is 11.0 Å². The Hall–Kier alpha value is -3.04. The molecular weight excluding hydrogens is 430 g/mol. The topological polar surface area (TPSA) is 105 Å². The molecule has 0 saturated carbocycles. The Bertz CT molecular complexity index is 1070. The smallest absolute Gasteiger partial charge is 0.319 e. The minimum absolute atomic E-state index is 0.174. The standard InChI is InChI=1S/C22H26ClN7O2/c1-32-19(31)13-30-9-6-15(7-10-30)5-8-24-22-25-12-18-20(29-22)21(27-14-26-18)28-17-4-2-3-16(23)11-17/h2-4,11-12,14-15H,5-10,13H2,1H3,(H,24,25,29)(H,26,27,28). The number of nitrogens with one attached hydrogen (secondary N) is 2. The van der Waals surface area contributed by atoms with Crippen molar-refractivity contribution in [1.82, 2.24) is 24.8 Å². The van der Waals surface area contributed by atoms with Crippen LogP contribution in [0.15, 0.2) is 36.8 Å². The van der Waals surface area contributed by atoms with Crippen molar-refractivity contribution in [2.45, 2.75) is 19.3 Å². The van der Waals surface area contributed by atoms with Crippen LogP contribution < -0.4 is 10.6 Å². The van der Waals surface area contributed by atoms with Crippen molar-refractivity contribution in [3.8, 4) is 0 Å². The van der Waals surface area contributed by atoms with Crippen molar-refractivity contribution in [1.29, 1.82) is 0 Å². The van der Waals surface area contributed by atoms with E-state index < -0.39 is 0 Å². The van der Waals surface area contributed by atoms with Crippen molar-refractivity contribution in [2.75, 3.05) is 43.9 Å². The minimum atomic E-state index is -0.174. The van der Waals surface area contributed by atoms with Gasteiger partial charge in [0, 0.05) is 17.3 Å². The number of carbonyl (C=O) groups is 1. The van der Waals surface area contributed by atoms with Gasteiger partial charge in [0.25, 0.3) is 0 Å². The summed E-state index contributed by atoms with van der Waals surface area (Å²) in [6.07, 6.45) is 6.34. The van der Waals surface area contributed by atoms with Gasteiger partial charge in [-0.25, -0.2) is 19.9 Å². The number of esters is 1. The second kappa shape index (κ2) is 10.5. The molecular formula is C22H26ClN7O2. The zero-order chi connectivity index (χ0) is 22.3. The number of hydrogen-bond acceptors (Lipinski definition) is 9. The number of anilines is 3. The average Bonchev–Trinajstić information content (AvgIpc) is 2.80. The monoisotopic (exact) mass is 455 g/mol. The van der Waals surface area contributed by atoms with E-state index in [4.69, 9.17) is 16.3 Å². The van der Waals surface area contributed by atoms with Crippen LogP contribution in [0, 0.1) is 5.92 Å². The van der Waals surface area contributed by atoms with Crippen molar-refractivity contribution in [3.63, 3.8) is 0 Å². The number of rotatable bonds is 8. The van der Waals surface area contributed by atoms with Gasteiger partial charge in [-0.1, -0.05) is 17.7 Å². The molecule has 0 amide bonds. The number of nitrogens with zero attached hydrogens (tertiary/aromatic N) is 5. The van der Waals surface area contributed by atoms with Crippen LogP contribution in [-0.4, -0.2) is 64.1 Å². The highest BCUT2D eigenvalue weighted by atomic mass is 35.5. The summed E-state index contributed by atoms with van der Waals surface area (Å²) in [5.41, 5.74) is 2.12. The maximum atomic E-state index is 11.4. The van der Waals surface area contributed by atoms with Crippen molar-refractivity contribution < 1.29 is 9.53 Å². The number of aromatic nitrogens is 4. The number of methoxy groups -OCH3 is 1. The normalized spacial score (nSPS) is 14.9. The summed E-state index contributed by atoms with van der Waals surface area (Å²) in [5.74, 6) is 1.58. The SMILES string of the molecule is COC(=O)CN1CCC(CCNc2ncc3ncnc(Nc4cccc(Cl)c4)c3n2)CC1. The average molecular weight is 456 g/mol. The zero-order valence-electron chi connectivity index (χ0n) is 17.9. The molecule has 168 valence electrons. The first-order valence-electron chi connectivity index (χ1n) is 10.6. The second-order valence-corrected chi connectivity index (χ2v) is 8.23. The molecule has 0 spiro atoms. The van der Waals surface area contributed by atoms with E-state index >= 15 is 0 Å². The van der Waals surface area contributed by atoms with Crippen molar-refractivity contribution >= 4 is 46.1 Å². The number of fused-ring (bicyclic) bond motifs is 1. The summed E-state index contributed by atoms with van der Waals surface area (Å²) < 4.78 is 4.75. The molecule has 0 aliphatic carbocycles. The lowest BCUT2D eigenvalue weighted by Gasteiger charge is -2.31. The van der Waals surface area contributed by atoms with E-state index in [1.807, 2.05) is 24.3 Å². The van der Waals surface area contributed by atoms with E-state index in [-0.39, 0.29) is 5.97 Å². The van der Waals surface area contributed by atoms with E-state index in [1.165, 1.54) is 13.4 Å². The van der Waals surface area contributed by atoms with Crippen LogP contribution in [0.3, 0.4) is 0 Å². The highest BCUT2D eigenvalue weighted by Crippen LogP contribution is 2.24. The minimum Gasteiger partial charge on any atom is -0.468 e. The van der Waals surface area contributed by atoms with Gasteiger partial charge in [-0.15, -0.1) is 0 Å². The van der Waals surface area contributed by atoms with Gasteiger partial charge in [0.2, 0.25) is 5.95 Å². The molecule has 2 aromatic heterocycles. The van der Waals surface area contributed by atoms with E-state index in [1.54, 1.807) is 6.20 Å². The number of likely N-dealkylation sites (tertiary alicyclic amines) is 1. The predicted molar refractivity (Wildman–Crippen MR) is 124 cm³/mol. The third-order valence-electron chi connectivity index (χ3n) is 5.59. The van der Waals surface area contributed by atoms with Gasteiger partial charge in [0.15, 0.2) is 5.82 Å². The number of halogens is 1. The Morgan fingerprint density at radius 3 is 2.88 bits per heavy atom. The highest BCUT2D eigenvalue weighted by molar-refractivity contribution is 6.30. The van der Waals surface area contributed by atoms with Gasteiger partial charge in [-0.05, 0) is 56.5 Å². The first-order chi connectivity index (χ1) is 15.6. The highest BCUT2D eigenvalue weighted by Gasteiger charge is 2.21. The van der Waals surface area contributed by atoms with Gasteiger partial charge in [0.05, 0.1) is 19.9 Å². The Morgan fingerprint density at radius 2 is 2.09 bits per heavy atom. The molecule has 32 heavy (non-hydrogen) atoms. The van der Waals surface area contributed by atoms with Crippen LogP contribution in [0.5, 0.6) is 0 Å². The fourth-order valence-electron chi connectivity index (χ4n) is 3.80. The lowest BCUT2D eigenvalue weighted by Crippen LogP contribution is -2.38. The summed E-state index contributed by atoms with van der Waals surface area (Å²) >= 11 is 6.08. The van der Waals surface area contributed by atoms with E-state index in [2.05, 4.69) is 35.5 Å². The molecule has 1 saturated heterocycles. The third-order valence-corrected chi connectivity index (χ3v) is 5.82. The second-order valence-electron chi connectivity index (χ2n) is 7.80. The maximum absolute atomic E-state index is 11.4. The van der Waals surface area contributed by atoms with E-state index in [0.29, 0.717) is 40.3 Å². The fourth-order valence-corrected chi connectivity index (χ4v) is 3.99. The first kappa shape index (κ1) is 22.2. The van der Waals surface area contributed by atoms with Gasteiger partial charge >= 0.3 is 5.97 Å². The molecule has 3 aromatic rings. The lowest BCUT2D eigenvalue weighted by atomic mass is 9.93. The molecule has 2 N–H and O–H groups in total. The number of piperidine rings is 1. The summed E-state index contributed by atoms with van der Waals surface area (Å²) in [6.45, 7) is 2.99. The molecule has 3 heterocycles. The van der Waals surface area contributed by atoms with Gasteiger partial charge in [0.1, 0.15) is 17.4 Å². The summed E-state index contributed by atoms with van der Waals surface area (Å²) in [5, 5.41) is 7.22. The molecule has 1 aliphatic heterocycles.